The van der Waals surface area contributed by atoms with Crippen LogP contribution in [0.15, 0.2) is 34.7 Å². The average molecular weight is 308 g/mol. The number of aromatic nitrogens is 1. The highest BCUT2D eigenvalue weighted by Crippen LogP contribution is 2.28. The van der Waals surface area contributed by atoms with Gasteiger partial charge in [0.2, 0.25) is 5.91 Å². The number of carbonyl (C=O) groups excluding carboxylic acids is 1. The summed E-state index contributed by atoms with van der Waals surface area (Å²) < 4.78 is 5.78. The number of furan rings is 1. The van der Waals surface area contributed by atoms with Crippen LogP contribution in [0.4, 0.5) is 0 Å². The zero-order chi connectivity index (χ0) is 16.6. The first-order valence-corrected chi connectivity index (χ1v) is 7.66. The second-order valence-electron chi connectivity index (χ2n) is 5.88. The summed E-state index contributed by atoms with van der Waals surface area (Å²) in [4.78, 5) is 16.2. The Bertz CT molecular complexity index is 874. The van der Waals surface area contributed by atoms with E-state index >= 15 is 0 Å². The first-order chi connectivity index (χ1) is 11.0. The third-order valence-electron chi connectivity index (χ3n) is 4.14. The summed E-state index contributed by atoms with van der Waals surface area (Å²) in [6.07, 6.45) is 0.379. The fraction of sp³-hybridized carbons (Fsp3) is 0.263. The Kier molecular flexibility index (Phi) is 3.90. The van der Waals surface area contributed by atoms with Gasteiger partial charge in [-0.15, -0.1) is 0 Å². The predicted molar refractivity (Wildman–Crippen MR) is 91.4 cm³/mol. The molecule has 0 aliphatic heterocycles. The molecule has 0 radical (unpaired) electrons. The predicted octanol–water partition coefficient (Wildman–Crippen LogP) is 3.71. The molecular formula is C19H20N2O2. The molecule has 4 heteroatoms. The van der Waals surface area contributed by atoms with E-state index in [2.05, 4.69) is 12.2 Å². The molecular weight excluding hydrogens is 288 g/mol. The van der Waals surface area contributed by atoms with Crippen LogP contribution in [0.25, 0.3) is 22.4 Å². The van der Waals surface area contributed by atoms with E-state index in [1.807, 2.05) is 44.2 Å². The molecule has 0 unspecified atom stereocenters. The van der Waals surface area contributed by atoms with Gasteiger partial charge in [0.05, 0.1) is 11.9 Å². The number of likely N-dealkylation sites (N-methyl/N-ethyl adjacent to an activating group) is 1. The summed E-state index contributed by atoms with van der Waals surface area (Å²) in [6.45, 7) is 6.04. The van der Waals surface area contributed by atoms with Crippen LogP contribution < -0.4 is 5.32 Å². The molecule has 0 spiro atoms. The van der Waals surface area contributed by atoms with E-state index in [4.69, 9.17) is 9.40 Å². The van der Waals surface area contributed by atoms with Crippen molar-refractivity contribution in [1.29, 1.82) is 0 Å². The second kappa shape index (κ2) is 5.88. The maximum atomic E-state index is 11.5. The summed E-state index contributed by atoms with van der Waals surface area (Å²) >= 11 is 0. The topological polar surface area (TPSA) is 55.1 Å². The smallest absolute Gasteiger partial charge is 0.224 e. The molecule has 4 nitrogen and oxygen atoms in total. The minimum atomic E-state index is 0.00752. The lowest BCUT2D eigenvalue weighted by atomic mass is 10.0. The average Bonchev–Trinajstić information content (AvgIpc) is 2.87. The van der Waals surface area contributed by atoms with Crippen molar-refractivity contribution in [3.8, 4) is 11.5 Å². The molecule has 0 saturated heterocycles. The Morgan fingerprint density at radius 2 is 1.91 bits per heavy atom. The lowest BCUT2D eigenvalue weighted by molar-refractivity contribution is -0.119. The summed E-state index contributed by atoms with van der Waals surface area (Å²) in [5, 5.41) is 3.71. The number of fused-ring (bicyclic) bond motifs is 1. The first-order valence-electron chi connectivity index (χ1n) is 7.66. The molecule has 1 amide bonds. The number of benzene rings is 1. The molecule has 0 fully saturated rings. The lowest BCUT2D eigenvalue weighted by Crippen LogP contribution is -2.19. The van der Waals surface area contributed by atoms with E-state index in [9.17, 15) is 4.79 Å². The minimum absolute atomic E-state index is 0.00752. The summed E-state index contributed by atoms with van der Waals surface area (Å²) in [6, 6.07) is 10.0. The van der Waals surface area contributed by atoms with Crippen LogP contribution in [-0.4, -0.2) is 17.9 Å². The van der Waals surface area contributed by atoms with Crippen LogP contribution in [0.2, 0.25) is 0 Å². The molecule has 2 aromatic heterocycles. The van der Waals surface area contributed by atoms with Crippen molar-refractivity contribution in [1.82, 2.24) is 10.3 Å². The molecule has 0 atom stereocenters. The van der Waals surface area contributed by atoms with Gasteiger partial charge in [0, 0.05) is 12.4 Å². The van der Waals surface area contributed by atoms with Crippen molar-refractivity contribution in [3.63, 3.8) is 0 Å². The summed E-state index contributed by atoms with van der Waals surface area (Å²) in [5.74, 6) is 1.72. The quantitative estimate of drug-likeness (QED) is 0.802. The molecule has 3 aromatic rings. The molecule has 1 N–H and O–H groups in total. The van der Waals surface area contributed by atoms with E-state index in [1.54, 1.807) is 7.05 Å². The molecule has 3 rings (SSSR count). The van der Waals surface area contributed by atoms with Crippen LogP contribution in [0.3, 0.4) is 0 Å². The van der Waals surface area contributed by atoms with Gasteiger partial charge in [0.15, 0.2) is 5.76 Å². The largest absolute Gasteiger partial charge is 0.459 e. The molecule has 2 heterocycles. The van der Waals surface area contributed by atoms with Gasteiger partial charge in [-0.1, -0.05) is 6.07 Å². The van der Waals surface area contributed by atoms with Crippen molar-refractivity contribution in [2.45, 2.75) is 27.2 Å². The highest BCUT2D eigenvalue weighted by Gasteiger charge is 2.11. The number of aryl methyl sites for hydroxylation is 3. The van der Waals surface area contributed by atoms with Crippen LogP contribution in [0.1, 0.15) is 22.5 Å². The van der Waals surface area contributed by atoms with Gasteiger partial charge in [0.1, 0.15) is 11.5 Å². The van der Waals surface area contributed by atoms with E-state index in [1.165, 1.54) is 0 Å². The molecule has 118 valence electrons. The Hall–Kier alpha value is -2.62. The number of hydrogen-bond acceptors (Lipinski definition) is 3. The van der Waals surface area contributed by atoms with Crippen LogP contribution >= 0.6 is 0 Å². The number of amides is 1. The van der Waals surface area contributed by atoms with Gasteiger partial charge in [0.25, 0.3) is 0 Å². The normalized spacial score (nSPS) is 11.0. The fourth-order valence-corrected chi connectivity index (χ4v) is 2.65. The number of nitrogens with zero attached hydrogens (tertiary/aromatic N) is 1. The Labute approximate surface area is 135 Å². The van der Waals surface area contributed by atoms with Gasteiger partial charge in [-0.2, -0.15) is 0 Å². The SMILES string of the molecule is CNC(=O)Cc1ccc2nc(-c3cc(C)c(C)o3)cc(C)c2c1. The zero-order valence-electron chi connectivity index (χ0n) is 13.9. The number of rotatable bonds is 3. The molecule has 1 aromatic carbocycles. The number of nitrogens with one attached hydrogen (secondary N) is 1. The van der Waals surface area contributed by atoms with Gasteiger partial charge in [-0.05, 0) is 61.7 Å². The van der Waals surface area contributed by atoms with Gasteiger partial charge < -0.3 is 9.73 Å². The van der Waals surface area contributed by atoms with Crippen molar-refractivity contribution in [3.05, 3.63) is 52.8 Å². The molecule has 23 heavy (non-hydrogen) atoms. The lowest BCUT2D eigenvalue weighted by Gasteiger charge is -2.07. The molecule has 0 aliphatic carbocycles. The standard InChI is InChI=1S/C19H20N2O2/c1-11-8-18(23-13(11)3)17-7-12(2)15-9-14(10-19(22)20-4)5-6-16(15)21-17/h5-9H,10H2,1-4H3,(H,20,22). The Balaban J connectivity index is 2.05. The van der Waals surface area contributed by atoms with Crippen LogP contribution in [-0.2, 0) is 11.2 Å². The Morgan fingerprint density at radius 1 is 1.13 bits per heavy atom. The van der Waals surface area contributed by atoms with Crippen molar-refractivity contribution in [2.75, 3.05) is 7.05 Å². The van der Waals surface area contributed by atoms with Crippen molar-refractivity contribution in [2.24, 2.45) is 0 Å². The van der Waals surface area contributed by atoms with Crippen LogP contribution in [0.5, 0.6) is 0 Å². The monoisotopic (exact) mass is 308 g/mol. The number of carbonyl (C=O) groups is 1. The van der Waals surface area contributed by atoms with E-state index in [0.717, 1.165) is 44.8 Å². The maximum absolute atomic E-state index is 11.5. The molecule has 0 bridgehead atoms. The third-order valence-corrected chi connectivity index (χ3v) is 4.14. The first kappa shape index (κ1) is 15.3. The van der Waals surface area contributed by atoms with Crippen molar-refractivity contribution >= 4 is 16.8 Å². The number of pyridine rings is 1. The maximum Gasteiger partial charge on any atom is 0.224 e. The number of hydrogen-bond donors (Lipinski definition) is 1. The highest BCUT2D eigenvalue weighted by molar-refractivity contribution is 5.87. The zero-order valence-corrected chi connectivity index (χ0v) is 13.9. The van der Waals surface area contributed by atoms with Gasteiger partial charge >= 0.3 is 0 Å². The van der Waals surface area contributed by atoms with Crippen LogP contribution in [0, 0.1) is 20.8 Å². The second-order valence-corrected chi connectivity index (χ2v) is 5.88. The highest BCUT2D eigenvalue weighted by atomic mass is 16.3. The van der Waals surface area contributed by atoms with E-state index in [0.29, 0.717) is 6.42 Å². The van der Waals surface area contributed by atoms with E-state index in [-0.39, 0.29) is 5.91 Å². The molecule has 0 aliphatic rings. The van der Waals surface area contributed by atoms with Crippen molar-refractivity contribution < 1.29 is 9.21 Å². The fourth-order valence-electron chi connectivity index (χ4n) is 2.65. The Morgan fingerprint density at radius 3 is 2.57 bits per heavy atom. The molecule has 0 saturated carbocycles. The summed E-state index contributed by atoms with van der Waals surface area (Å²) in [5.41, 5.74) is 4.98. The van der Waals surface area contributed by atoms with Gasteiger partial charge in [-0.3, -0.25) is 4.79 Å². The summed E-state index contributed by atoms with van der Waals surface area (Å²) in [7, 11) is 1.65. The third kappa shape index (κ3) is 2.97. The van der Waals surface area contributed by atoms with Gasteiger partial charge in [-0.25, -0.2) is 4.98 Å². The van der Waals surface area contributed by atoms with E-state index < -0.39 is 0 Å². The minimum Gasteiger partial charge on any atom is -0.459 e.